The van der Waals surface area contributed by atoms with Gasteiger partial charge in [0, 0.05) is 12.3 Å². The summed E-state index contributed by atoms with van der Waals surface area (Å²) in [7, 11) is 0. The summed E-state index contributed by atoms with van der Waals surface area (Å²) in [4.78, 5) is 6.38. The van der Waals surface area contributed by atoms with Gasteiger partial charge in [0.15, 0.2) is 5.82 Å². The molecule has 2 aliphatic rings. The Morgan fingerprint density at radius 3 is 2.80 bits per heavy atom. The zero-order chi connectivity index (χ0) is 20.1. The summed E-state index contributed by atoms with van der Waals surface area (Å²) < 4.78 is 21.9. The normalized spacial score (nSPS) is 19.5. The van der Waals surface area contributed by atoms with E-state index in [4.69, 9.17) is 14.8 Å². The molecule has 4 aromatic rings. The largest absolute Gasteiger partial charge is 0.493 e. The van der Waals surface area contributed by atoms with Crippen molar-refractivity contribution in [3.63, 3.8) is 0 Å². The van der Waals surface area contributed by atoms with Gasteiger partial charge in [-0.25, -0.2) is 14.1 Å². The van der Waals surface area contributed by atoms with Crippen LogP contribution in [0.4, 0.5) is 4.39 Å². The van der Waals surface area contributed by atoms with Crippen LogP contribution in [-0.2, 0) is 13.0 Å². The zero-order valence-corrected chi connectivity index (χ0v) is 16.1. The van der Waals surface area contributed by atoms with Gasteiger partial charge in [0.05, 0.1) is 24.7 Å². The third-order valence-electron chi connectivity index (χ3n) is 5.77. The third kappa shape index (κ3) is 2.96. The first-order chi connectivity index (χ1) is 14.8. The number of nitrogens with zero attached hydrogens (tertiary/aromatic N) is 6. The van der Waals surface area contributed by atoms with Crippen LogP contribution < -0.4 is 4.74 Å². The van der Waals surface area contributed by atoms with E-state index in [1.54, 1.807) is 23.3 Å². The molecule has 30 heavy (non-hydrogen) atoms. The number of rotatable bonds is 5. The van der Waals surface area contributed by atoms with Crippen LogP contribution in [0.5, 0.6) is 5.75 Å². The Bertz CT molecular complexity index is 1220. The minimum atomic E-state index is -0.160. The van der Waals surface area contributed by atoms with Gasteiger partial charge in [-0.3, -0.25) is 0 Å². The average molecular weight is 402 g/mol. The Morgan fingerprint density at radius 1 is 1.07 bits per heavy atom. The SMILES string of the molecule is Fc1ccccc1[C@@H]1C[C@H]1c1nc(Cn2nccn2)nn1-c1ccc2c(c1)CCO2. The van der Waals surface area contributed by atoms with Crippen molar-refractivity contribution in [2.45, 2.75) is 31.2 Å². The van der Waals surface area contributed by atoms with Gasteiger partial charge in [0.1, 0.15) is 23.9 Å². The first-order valence-electron chi connectivity index (χ1n) is 10.1. The van der Waals surface area contributed by atoms with Gasteiger partial charge in [0.25, 0.3) is 0 Å². The number of fused-ring (bicyclic) bond motifs is 1. The van der Waals surface area contributed by atoms with Crippen molar-refractivity contribution < 1.29 is 9.13 Å². The molecule has 150 valence electrons. The minimum Gasteiger partial charge on any atom is -0.493 e. The van der Waals surface area contributed by atoms with Crippen LogP contribution in [0.25, 0.3) is 5.69 Å². The Balaban J connectivity index is 1.39. The lowest BCUT2D eigenvalue weighted by molar-refractivity contribution is 0.357. The van der Waals surface area contributed by atoms with Crippen molar-refractivity contribution in [2.75, 3.05) is 6.61 Å². The molecule has 1 aliphatic heterocycles. The topological polar surface area (TPSA) is 70.7 Å². The molecule has 1 fully saturated rings. The molecule has 0 bridgehead atoms. The molecular formula is C22H19FN6O. The highest BCUT2D eigenvalue weighted by atomic mass is 19.1. The summed E-state index contributed by atoms with van der Waals surface area (Å²) in [6.45, 7) is 1.09. The molecular weight excluding hydrogens is 383 g/mol. The Kier molecular flexibility index (Phi) is 3.90. The molecule has 6 rings (SSSR count). The molecule has 3 heterocycles. The van der Waals surface area contributed by atoms with Crippen LogP contribution in [0.15, 0.2) is 54.9 Å². The predicted molar refractivity (Wildman–Crippen MR) is 106 cm³/mol. The molecule has 0 radical (unpaired) electrons. The maximum Gasteiger partial charge on any atom is 0.174 e. The lowest BCUT2D eigenvalue weighted by Gasteiger charge is -2.08. The van der Waals surface area contributed by atoms with Gasteiger partial charge in [-0.15, -0.1) is 5.10 Å². The van der Waals surface area contributed by atoms with Gasteiger partial charge in [-0.2, -0.15) is 15.0 Å². The Morgan fingerprint density at radius 2 is 1.93 bits per heavy atom. The highest BCUT2D eigenvalue weighted by Crippen LogP contribution is 2.55. The van der Waals surface area contributed by atoms with E-state index < -0.39 is 0 Å². The molecule has 1 saturated carbocycles. The first-order valence-corrected chi connectivity index (χ1v) is 10.1. The molecule has 1 aliphatic carbocycles. The number of aromatic nitrogens is 6. The molecule has 0 unspecified atom stereocenters. The van der Waals surface area contributed by atoms with Crippen LogP contribution in [0.2, 0.25) is 0 Å². The second-order valence-corrected chi connectivity index (χ2v) is 7.72. The molecule has 7 nitrogen and oxygen atoms in total. The smallest absolute Gasteiger partial charge is 0.174 e. The van der Waals surface area contributed by atoms with E-state index in [0.717, 1.165) is 35.7 Å². The number of ether oxygens (including phenoxy) is 1. The summed E-state index contributed by atoms with van der Waals surface area (Å²) in [5.74, 6) is 2.49. The lowest BCUT2D eigenvalue weighted by atomic mass is 10.1. The molecule has 0 spiro atoms. The molecule has 8 heteroatoms. The Hall–Kier alpha value is -3.55. The van der Waals surface area contributed by atoms with Gasteiger partial charge >= 0.3 is 0 Å². The lowest BCUT2D eigenvalue weighted by Crippen LogP contribution is -2.06. The monoisotopic (exact) mass is 402 g/mol. The molecule has 2 atom stereocenters. The summed E-state index contributed by atoms with van der Waals surface area (Å²) in [6.07, 6.45) is 5.01. The standard InChI is InChI=1S/C22H19FN6O/c23-19-4-2-1-3-16(19)17-12-18(17)22-26-21(13-28-24-8-9-25-28)27-29(22)15-5-6-20-14(11-15)7-10-30-20/h1-6,8-9,11,17-18H,7,10,12-13H2/t17-,18+/m0/s1. The van der Waals surface area contributed by atoms with Crippen LogP contribution in [0, 0.1) is 5.82 Å². The van der Waals surface area contributed by atoms with Gasteiger partial charge < -0.3 is 4.74 Å². The van der Waals surface area contributed by atoms with E-state index in [1.807, 2.05) is 28.9 Å². The molecule has 2 aromatic carbocycles. The summed E-state index contributed by atoms with van der Waals surface area (Å²) in [6, 6.07) is 13.1. The number of hydrogen-bond donors (Lipinski definition) is 0. The fraction of sp³-hybridized carbons (Fsp3) is 0.273. The predicted octanol–water partition coefficient (Wildman–Crippen LogP) is 3.25. The van der Waals surface area contributed by atoms with Gasteiger partial charge in [0.2, 0.25) is 0 Å². The van der Waals surface area contributed by atoms with Gasteiger partial charge in [-0.1, -0.05) is 18.2 Å². The van der Waals surface area contributed by atoms with Crippen molar-refractivity contribution >= 4 is 0 Å². The number of halogens is 1. The van der Waals surface area contributed by atoms with Crippen molar-refractivity contribution in [3.05, 3.63) is 83.5 Å². The maximum atomic E-state index is 14.3. The third-order valence-corrected chi connectivity index (χ3v) is 5.77. The number of benzene rings is 2. The minimum absolute atomic E-state index is 0.114. The summed E-state index contributed by atoms with van der Waals surface area (Å²) in [5.41, 5.74) is 2.86. The van der Waals surface area contributed by atoms with Crippen molar-refractivity contribution in [2.24, 2.45) is 0 Å². The number of hydrogen-bond acceptors (Lipinski definition) is 5. The molecule has 0 amide bonds. The van der Waals surface area contributed by atoms with Crippen molar-refractivity contribution in [3.8, 4) is 11.4 Å². The van der Waals surface area contributed by atoms with E-state index in [-0.39, 0.29) is 17.7 Å². The quantitative estimate of drug-likeness (QED) is 0.513. The fourth-order valence-corrected chi connectivity index (χ4v) is 4.22. The second-order valence-electron chi connectivity index (χ2n) is 7.72. The van der Waals surface area contributed by atoms with Crippen LogP contribution in [0.3, 0.4) is 0 Å². The van der Waals surface area contributed by atoms with E-state index >= 15 is 0 Å². The van der Waals surface area contributed by atoms with Gasteiger partial charge in [-0.05, 0) is 47.7 Å². The molecule has 0 N–H and O–H groups in total. The maximum absolute atomic E-state index is 14.3. The van der Waals surface area contributed by atoms with E-state index in [1.165, 1.54) is 11.6 Å². The van der Waals surface area contributed by atoms with Crippen LogP contribution >= 0.6 is 0 Å². The summed E-state index contributed by atoms with van der Waals surface area (Å²) in [5, 5.41) is 13.1. The van der Waals surface area contributed by atoms with E-state index in [9.17, 15) is 4.39 Å². The average Bonchev–Trinajstić information content (AvgIpc) is 3.14. The first kappa shape index (κ1) is 17.3. The highest BCUT2D eigenvalue weighted by molar-refractivity contribution is 5.47. The Labute approximate surface area is 172 Å². The van der Waals surface area contributed by atoms with Crippen LogP contribution in [-0.4, -0.2) is 36.4 Å². The van der Waals surface area contributed by atoms with E-state index in [2.05, 4.69) is 16.3 Å². The van der Waals surface area contributed by atoms with Crippen molar-refractivity contribution in [1.29, 1.82) is 0 Å². The summed E-state index contributed by atoms with van der Waals surface area (Å²) >= 11 is 0. The van der Waals surface area contributed by atoms with E-state index in [0.29, 0.717) is 19.0 Å². The fourth-order valence-electron chi connectivity index (χ4n) is 4.22. The molecule has 0 saturated heterocycles. The highest BCUT2D eigenvalue weighted by Gasteiger charge is 2.44. The second kappa shape index (κ2) is 6.76. The van der Waals surface area contributed by atoms with Crippen molar-refractivity contribution in [1.82, 2.24) is 29.8 Å². The zero-order valence-electron chi connectivity index (χ0n) is 16.1. The van der Waals surface area contributed by atoms with Crippen LogP contribution in [0.1, 0.15) is 41.0 Å². The molecule has 2 aromatic heterocycles.